The molecule has 0 saturated carbocycles. The maximum Gasteiger partial charge on any atom is 0.488 e. The van der Waals surface area contributed by atoms with Gasteiger partial charge in [-0.25, -0.2) is 45.6 Å². The highest BCUT2D eigenvalue weighted by atomic mass is 79.9. The van der Waals surface area contributed by atoms with E-state index in [4.69, 9.17) is 35.1 Å². The summed E-state index contributed by atoms with van der Waals surface area (Å²) in [7, 11) is 3.78. The van der Waals surface area contributed by atoms with E-state index in [0.29, 0.717) is 84.7 Å². The lowest BCUT2D eigenvalue weighted by molar-refractivity contribution is 0.0693. The predicted molar refractivity (Wildman–Crippen MR) is 439 cm³/mol. The predicted octanol–water partition coefficient (Wildman–Crippen LogP) is 14.7. The van der Waals surface area contributed by atoms with Gasteiger partial charge in [-0.3, -0.25) is 38.0 Å². The van der Waals surface area contributed by atoms with Gasteiger partial charge >= 0.3 is 13.1 Å². The van der Waals surface area contributed by atoms with Gasteiger partial charge in [0.25, 0.3) is 16.7 Å². The number of carboxylic acid groups (broad SMARTS) is 1. The van der Waals surface area contributed by atoms with Gasteiger partial charge in [-0.1, -0.05) is 97.1 Å². The molecule has 7 aromatic carbocycles. The lowest BCUT2D eigenvalue weighted by atomic mass is 9.81. The molecule has 0 aliphatic carbocycles. The molecule has 25 nitrogen and oxygen atoms in total. The number of nitrogens with zero attached hydrogens (tertiary/aromatic N) is 12. The number of fused-ring (bicyclic) bond motifs is 3. The van der Waals surface area contributed by atoms with Crippen molar-refractivity contribution in [3.8, 4) is 51.6 Å². The summed E-state index contributed by atoms with van der Waals surface area (Å²) in [5.74, 6) is -2.14. The number of ketones is 2. The van der Waals surface area contributed by atoms with Crippen molar-refractivity contribution in [3.05, 3.63) is 356 Å². The Balaban J connectivity index is 0.000000142. The van der Waals surface area contributed by atoms with E-state index in [9.17, 15) is 41.9 Å². The van der Waals surface area contributed by atoms with Gasteiger partial charge in [0.15, 0.2) is 63.5 Å². The zero-order chi connectivity index (χ0) is 82.1. The van der Waals surface area contributed by atoms with E-state index in [0.717, 1.165) is 18.9 Å². The summed E-state index contributed by atoms with van der Waals surface area (Å²) in [4.78, 5) is 75.4. The standard InChI is InChI=1S/2C26H20BrFN4O3.C13H9BrFN3O.C12H12N2O3.C6H7BO2/c2*1-16-24(26(34)32(30(16)2)18-6-4-3-5-7-18)21(33)15-17-8-9-22(20(28)14-17)35-23-10-12-29-31-13-11-19(27)25(23)31;14-9-4-6-18-13(9)12(3-5-17-18)19-11-2-1-8(16)7-10(11)15;1-8-10(12(16)17)11(15)14(13(8)2)9-6-4-3-5-7-9;8-7(9)6-4-2-1-3-5-6/h2*3-14H,15H2,1-2H3;1-7H,16H2;3-7H,1-2H3,(H,16,17);1-5,8-9H. The van der Waals surface area contributed by atoms with Crippen molar-refractivity contribution in [3.63, 3.8) is 0 Å². The molecule has 0 unspecified atom stereocenters. The van der Waals surface area contributed by atoms with Gasteiger partial charge in [0.05, 0.1) is 41.3 Å². The van der Waals surface area contributed by atoms with Gasteiger partial charge in [-0.15, -0.1) is 0 Å². The van der Waals surface area contributed by atoms with E-state index in [1.54, 1.807) is 216 Å². The van der Waals surface area contributed by atoms with Gasteiger partial charge in [0.2, 0.25) is 0 Å². The quantitative estimate of drug-likeness (QED) is 0.0374. The number of hydrogen-bond acceptors (Lipinski definition) is 15. The molecule has 0 radical (unpaired) electrons. The molecule has 16 aromatic rings. The van der Waals surface area contributed by atoms with Crippen LogP contribution in [0.15, 0.2) is 277 Å². The summed E-state index contributed by atoms with van der Waals surface area (Å²) in [5, 5.41) is 38.7. The number of rotatable bonds is 17. The van der Waals surface area contributed by atoms with Crippen molar-refractivity contribution >= 4 is 100 Å². The number of para-hydroxylation sites is 3. The molecule has 0 spiro atoms. The number of carboxylic acids is 1. The first-order valence-electron chi connectivity index (χ1n) is 34.9. The minimum Gasteiger partial charge on any atom is -0.477 e. The Labute approximate surface area is 678 Å². The SMILES string of the molecule is Cc1c(C(=O)Cc2ccc(Oc3ccnn4ccc(Br)c34)c(F)c2)c(=O)n(-c2ccccc2)n1C.Cc1c(C(=O)Cc2ccc(Oc3ccnn4ccc(Br)c34)c(F)c2)c(=O)n(-c2ccccc2)n1C.Cc1c(C(=O)O)c(=O)n(-c2ccccc2)n1C.Nc1ccc(Oc2ccnn3ccc(Br)c23)c(F)c1.OB(O)c1ccccc1. The Hall–Kier alpha value is -13.1. The number of anilines is 1. The molecule has 5 N–H and O–H groups in total. The maximum absolute atomic E-state index is 14.9. The number of halogens is 6. The van der Waals surface area contributed by atoms with Crippen LogP contribution >= 0.6 is 47.8 Å². The van der Waals surface area contributed by atoms with Crippen LogP contribution in [0, 0.1) is 38.2 Å². The molecule has 32 heteroatoms. The fourth-order valence-electron chi connectivity index (χ4n) is 12.4. The number of carbonyl (C=O) groups is 3. The third-order valence-corrected chi connectivity index (χ3v) is 20.2. The molecule has 0 saturated heterocycles. The van der Waals surface area contributed by atoms with Crippen LogP contribution in [0.25, 0.3) is 33.6 Å². The van der Waals surface area contributed by atoms with Crippen molar-refractivity contribution in [2.45, 2.75) is 33.6 Å². The Morgan fingerprint density at radius 3 is 1.02 bits per heavy atom. The lowest BCUT2D eigenvalue weighted by Crippen LogP contribution is -2.29. The van der Waals surface area contributed by atoms with Crippen LogP contribution in [0.1, 0.15) is 59.3 Å². The molecule has 16 rings (SSSR count). The first-order valence-corrected chi connectivity index (χ1v) is 37.3. The second kappa shape index (κ2) is 35.7. The number of nitrogen functional groups attached to an aromatic ring is 1. The number of aromatic nitrogens is 12. The molecule has 0 aliphatic heterocycles. The number of nitrogens with two attached hydrogens (primary N) is 1. The third-order valence-electron chi connectivity index (χ3n) is 18.3. The van der Waals surface area contributed by atoms with Crippen molar-refractivity contribution in [1.29, 1.82) is 0 Å². The molecular weight excluding hydrogens is 1680 g/mol. The minimum atomic E-state index is -1.34. The highest BCUT2D eigenvalue weighted by Crippen LogP contribution is 2.36. The van der Waals surface area contributed by atoms with Crippen LogP contribution in [0.3, 0.4) is 0 Å². The first-order chi connectivity index (χ1) is 55.2. The highest BCUT2D eigenvalue weighted by Gasteiger charge is 2.27. The number of benzene rings is 7. The summed E-state index contributed by atoms with van der Waals surface area (Å²) in [6, 6.07) is 59.3. The summed E-state index contributed by atoms with van der Waals surface area (Å²) >= 11 is 10.3. The van der Waals surface area contributed by atoms with Crippen LogP contribution in [-0.2, 0) is 34.0 Å². The summed E-state index contributed by atoms with van der Waals surface area (Å²) in [6.45, 7) is 5.06. The molecule has 9 aromatic heterocycles. The van der Waals surface area contributed by atoms with Crippen LogP contribution in [-0.4, -0.2) is 96.7 Å². The van der Waals surface area contributed by atoms with E-state index in [1.165, 1.54) is 50.4 Å². The fourth-order valence-corrected chi connectivity index (χ4v) is 13.9. The second-order valence-electron chi connectivity index (χ2n) is 25.6. The van der Waals surface area contributed by atoms with Crippen molar-refractivity contribution in [2.75, 3.05) is 5.73 Å². The number of Topliss-reactive ketones (excluding diaryl/α,β-unsaturated/α-hetero) is 2. The molecule has 115 heavy (non-hydrogen) atoms. The topological polar surface area (TPSA) is 298 Å². The van der Waals surface area contributed by atoms with E-state index in [-0.39, 0.29) is 58.3 Å². The average molecular weight is 1750 g/mol. The molecule has 9 heterocycles. The third kappa shape index (κ3) is 17.9. The van der Waals surface area contributed by atoms with Crippen molar-refractivity contribution < 1.29 is 56.9 Å². The Morgan fingerprint density at radius 1 is 0.417 bits per heavy atom. The van der Waals surface area contributed by atoms with E-state index < -0.39 is 47.2 Å². The average Bonchev–Trinajstić information content (AvgIpc) is 1.61. The van der Waals surface area contributed by atoms with Crippen LogP contribution in [0.4, 0.5) is 18.9 Å². The minimum absolute atomic E-state index is 0.0183. The van der Waals surface area contributed by atoms with Crippen molar-refractivity contribution in [2.24, 2.45) is 21.1 Å². The number of hydrogen-bond donors (Lipinski definition) is 4. The van der Waals surface area contributed by atoms with Crippen LogP contribution < -0.4 is 42.1 Å². The van der Waals surface area contributed by atoms with E-state index >= 15 is 0 Å². The number of ether oxygens (including phenoxy) is 3. The van der Waals surface area contributed by atoms with Gasteiger partial charge < -0.3 is 35.1 Å². The zero-order valence-electron chi connectivity index (χ0n) is 61.9. The van der Waals surface area contributed by atoms with Crippen LogP contribution in [0.5, 0.6) is 34.5 Å². The zero-order valence-corrected chi connectivity index (χ0v) is 66.6. The molecule has 0 aliphatic rings. The maximum atomic E-state index is 14.9. The number of aromatic carboxylic acids is 1. The van der Waals surface area contributed by atoms with E-state index in [2.05, 4.69) is 63.1 Å². The molecule has 0 fully saturated rings. The summed E-state index contributed by atoms with van der Waals surface area (Å²) < 4.78 is 77.1. The Bertz CT molecular complexity index is 6240. The molecular formula is C83H68BBr3F3N13O12. The molecule has 0 amide bonds. The van der Waals surface area contributed by atoms with Gasteiger partial charge in [-0.05, 0) is 176 Å². The second-order valence-corrected chi connectivity index (χ2v) is 28.1. The molecule has 582 valence electrons. The summed E-state index contributed by atoms with van der Waals surface area (Å²) in [6.07, 6.45) is 9.78. The first kappa shape index (κ1) is 81.4. The van der Waals surface area contributed by atoms with E-state index in [1.807, 2.05) is 66.7 Å². The lowest BCUT2D eigenvalue weighted by Gasteiger charge is -2.10. The molecule has 0 bridgehead atoms. The normalized spacial score (nSPS) is 10.9. The fraction of sp³-hybridized carbons (Fsp3) is 0.0964. The smallest absolute Gasteiger partial charge is 0.477 e. The summed E-state index contributed by atoms with van der Waals surface area (Å²) in [5.41, 5.74) is 11.5. The monoisotopic (exact) mass is 1740 g/mol. The van der Waals surface area contributed by atoms with Gasteiger partial charge in [-0.2, -0.15) is 15.3 Å². The largest absolute Gasteiger partial charge is 0.488 e. The highest BCUT2D eigenvalue weighted by molar-refractivity contribution is 9.11. The Kier molecular flexibility index (Phi) is 25.3. The van der Waals surface area contributed by atoms with Crippen LogP contribution in [0.2, 0.25) is 0 Å². The van der Waals surface area contributed by atoms with Crippen molar-refractivity contribution in [1.82, 2.24) is 56.9 Å². The Morgan fingerprint density at radius 2 is 0.722 bits per heavy atom. The molecule has 0 atom stereocenters. The van der Waals surface area contributed by atoms with Gasteiger partial charge in [0, 0.05) is 107 Å². The van der Waals surface area contributed by atoms with Gasteiger partial charge in [0.1, 0.15) is 33.2 Å². The number of carbonyl (C=O) groups excluding carboxylic acids is 2.